The van der Waals surface area contributed by atoms with E-state index < -0.39 is 10.8 Å². The molecule has 0 radical (unpaired) electrons. The van der Waals surface area contributed by atoms with E-state index in [1.807, 2.05) is 28.8 Å². The number of carbonyl (C=O) groups is 1. The third-order valence-electron chi connectivity index (χ3n) is 5.80. The lowest BCUT2D eigenvalue weighted by Gasteiger charge is -2.19. The number of likely N-dealkylation sites (N-methyl/N-ethyl adjacent to an activating group) is 1. The van der Waals surface area contributed by atoms with Gasteiger partial charge in [-0.1, -0.05) is 37.6 Å². The molecule has 1 amide bonds. The summed E-state index contributed by atoms with van der Waals surface area (Å²) in [6, 6.07) is 14.8. The summed E-state index contributed by atoms with van der Waals surface area (Å²) in [5.41, 5.74) is 1.58. The number of hydrogen-bond acceptors (Lipinski definition) is 7. The van der Waals surface area contributed by atoms with Crippen LogP contribution in [0.3, 0.4) is 0 Å². The highest BCUT2D eigenvalue weighted by atomic mass is 35.5. The van der Waals surface area contributed by atoms with Crippen LogP contribution in [0.25, 0.3) is 11.0 Å². The fraction of sp³-hybridized carbons (Fsp3) is 0.280. The van der Waals surface area contributed by atoms with Gasteiger partial charge in [-0.05, 0) is 43.4 Å². The Labute approximate surface area is 212 Å². The number of anilines is 1. The van der Waals surface area contributed by atoms with Gasteiger partial charge in [-0.3, -0.25) is 20.2 Å². The van der Waals surface area contributed by atoms with Gasteiger partial charge in [0.2, 0.25) is 5.95 Å². The number of imidazole rings is 1. The first-order chi connectivity index (χ1) is 17.4. The SMILES string of the molecule is CCN(CC)CCn1c(NC(=O)c2ccc(COc3cc([N+](=O)[O-])ccc3Cl)o2)nc2ccccc21. The molecule has 0 unspecified atom stereocenters. The van der Waals surface area contributed by atoms with E-state index in [2.05, 4.69) is 29.0 Å². The fourth-order valence-corrected chi connectivity index (χ4v) is 3.96. The number of aromatic nitrogens is 2. The lowest BCUT2D eigenvalue weighted by atomic mass is 10.3. The molecule has 0 saturated heterocycles. The monoisotopic (exact) mass is 511 g/mol. The summed E-state index contributed by atoms with van der Waals surface area (Å²) in [5.74, 6) is 0.578. The maximum Gasteiger partial charge on any atom is 0.293 e. The summed E-state index contributed by atoms with van der Waals surface area (Å²) in [7, 11) is 0. The molecule has 0 saturated carbocycles. The zero-order valence-electron chi connectivity index (χ0n) is 19.9. The van der Waals surface area contributed by atoms with E-state index in [9.17, 15) is 14.9 Å². The predicted molar refractivity (Wildman–Crippen MR) is 137 cm³/mol. The number of benzene rings is 2. The van der Waals surface area contributed by atoms with Crippen LogP contribution >= 0.6 is 11.6 Å². The molecule has 2 heterocycles. The molecule has 188 valence electrons. The van der Waals surface area contributed by atoms with Gasteiger partial charge in [-0.2, -0.15) is 0 Å². The number of halogens is 1. The van der Waals surface area contributed by atoms with Crippen LogP contribution in [0.15, 0.2) is 59.0 Å². The molecule has 2 aromatic carbocycles. The summed E-state index contributed by atoms with van der Waals surface area (Å²) >= 11 is 6.07. The zero-order chi connectivity index (χ0) is 25.7. The van der Waals surface area contributed by atoms with E-state index in [4.69, 9.17) is 20.8 Å². The number of amides is 1. The molecule has 0 aliphatic carbocycles. The van der Waals surface area contributed by atoms with Crippen molar-refractivity contribution < 1.29 is 18.9 Å². The summed E-state index contributed by atoms with van der Waals surface area (Å²) in [6.07, 6.45) is 0. The normalized spacial score (nSPS) is 11.2. The van der Waals surface area contributed by atoms with E-state index in [-0.39, 0.29) is 28.8 Å². The fourth-order valence-electron chi connectivity index (χ4n) is 3.78. The third-order valence-corrected chi connectivity index (χ3v) is 6.11. The molecular formula is C25H26ClN5O5. The van der Waals surface area contributed by atoms with Crippen molar-refractivity contribution in [2.75, 3.05) is 25.0 Å². The molecule has 1 N–H and O–H groups in total. The highest BCUT2D eigenvalue weighted by molar-refractivity contribution is 6.32. The molecule has 4 aromatic rings. The van der Waals surface area contributed by atoms with Crippen molar-refractivity contribution in [1.29, 1.82) is 0 Å². The van der Waals surface area contributed by atoms with Gasteiger partial charge in [0.05, 0.1) is 27.0 Å². The molecule has 0 fully saturated rings. The Hall–Kier alpha value is -3.89. The molecule has 0 spiro atoms. The van der Waals surface area contributed by atoms with Crippen LogP contribution in [-0.2, 0) is 13.2 Å². The van der Waals surface area contributed by atoms with Crippen LogP contribution in [0.5, 0.6) is 5.75 Å². The summed E-state index contributed by atoms with van der Waals surface area (Å²) in [4.78, 5) is 30.3. The number of ether oxygens (including phenoxy) is 1. The number of nitrogens with zero attached hydrogens (tertiary/aromatic N) is 4. The Balaban J connectivity index is 1.47. The Bertz CT molecular complexity index is 1380. The first kappa shape index (κ1) is 25.2. The van der Waals surface area contributed by atoms with Gasteiger partial charge in [0, 0.05) is 19.2 Å². The first-order valence-corrected chi connectivity index (χ1v) is 11.9. The second kappa shape index (κ2) is 11.2. The molecule has 0 aliphatic heterocycles. The Morgan fingerprint density at radius 1 is 1.19 bits per heavy atom. The third kappa shape index (κ3) is 5.67. The quantitative estimate of drug-likeness (QED) is 0.213. The van der Waals surface area contributed by atoms with Crippen molar-refractivity contribution in [1.82, 2.24) is 14.5 Å². The van der Waals surface area contributed by atoms with Crippen molar-refractivity contribution in [2.45, 2.75) is 27.0 Å². The van der Waals surface area contributed by atoms with Gasteiger partial charge < -0.3 is 18.6 Å². The maximum atomic E-state index is 12.9. The van der Waals surface area contributed by atoms with E-state index in [1.54, 1.807) is 6.07 Å². The van der Waals surface area contributed by atoms with E-state index >= 15 is 0 Å². The molecule has 36 heavy (non-hydrogen) atoms. The molecule has 11 heteroatoms. The number of furan rings is 1. The highest BCUT2D eigenvalue weighted by Gasteiger charge is 2.18. The second-order valence-corrected chi connectivity index (χ2v) is 8.39. The molecular weight excluding hydrogens is 486 g/mol. The van der Waals surface area contributed by atoms with E-state index in [0.29, 0.717) is 18.3 Å². The number of hydrogen-bond donors (Lipinski definition) is 1. The van der Waals surface area contributed by atoms with Crippen LogP contribution in [0, 0.1) is 10.1 Å². The molecule has 4 rings (SSSR count). The van der Waals surface area contributed by atoms with Crippen LogP contribution in [0.1, 0.15) is 30.2 Å². The molecule has 0 atom stereocenters. The molecule has 0 aliphatic rings. The number of non-ortho nitro benzene ring substituents is 1. The number of para-hydroxylation sites is 2. The lowest BCUT2D eigenvalue weighted by Crippen LogP contribution is -2.27. The average molecular weight is 512 g/mol. The van der Waals surface area contributed by atoms with E-state index in [1.165, 1.54) is 24.3 Å². The van der Waals surface area contributed by atoms with Crippen molar-refractivity contribution >= 4 is 40.2 Å². The van der Waals surface area contributed by atoms with Crippen molar-refractivity contribution in [2.24, 2.45) is 0 Å². The number of nitro groups is 1. The smallest absolute Gasteiger partial charge is 0.293 e. The number of nitrogens with one attached hydrogen (secondary N) is 1. The summed E-state index contributed by atoms with van der Waals surface area (Å²) < 4.78 is 13.2. The van der Waals surface area contributed by atoms with Gasteiger partial charge in [0.15, 0.2) is 5.76 Å². The van der Waals surface area contributed by atoms with Crippen molar-refractivity contribution in [3.05, 3.63) is 81.3 Å². The topological polar surface area (TPSA) is 116 Å². The Morgan fingerprint density at radius 2 is 1.97 bits per heavy atom. The first-order valence-electron chi connectivity index (χ1n) is 11.5. The predicted octanol–water partition coefficient (Wildman–Crippen LogP) is 5.36. The van der Waals surface area contributed by atoms with Crippen LogP contribution < -0.4 is 10.1 Å². The molecule has 10 nitrogen and oxygen atoms in total. The van der Waals surface area contributed by atoms with Gasteiger partial charge in [0.25, 0.3) is 11.6 Å². The van der Waals surface area contributed by atoms with Crippen LogP contribution in [-0.4, -0.2) is 44.9 Å². The maximum absolute atomic E-state index is 12.9. The van der Waals surface area contributed by atoms with E-state index in [0.717, 1.165) is 30.7 Å². The van der Waals surface area contributed by atoms with Crippen molar-refractivity contribution in [3.63, 3.8) is 0 Å². The number of carbonyl (C=O) groups excluding carboxylic acids is 1. The zero-order valence-corrected chi connectivity index (χ0v) is 20.7. The Kier molecular flexibility index (Phi) is 7.87. The minimum Gasteiger partial charge on any atom is -0.484 e. The average Bonchev–Trinajstić information content (AvgIpc) is 3.49. The minimum atomic E-state index is -0.534. The standard InChI is InChI=1S/C25H26ClN5O5/c1-3-29(4-2)13-14-30-21-8-6-5-7-20(21)27-25(30)28-24(32)22-12-10-18(36-22)16-35-23-15-17(31(33)34)9-11-19(23)26/h5-12,15H,3-4,13-14,16H2,1-2H3,(H,27,28,32). The van der Waals surface area contributed by atoms with Crippen LogP contribution in [0.2, 0.25) is 5.02 Å². The van der Waals surface area contributed by atoms with Gasteiger partial charge >= 0.3 is 0 Å². The van der Waals surface area contributed by atoms with Crippen LogP contribution in [0.4, 0.5) is 11.6 Å². The number of fused-ring (bicyclic) bond motifs is 1. The molecule has 0 bridgehead atoms. The summed E-state index contributed by atoms with van der Waals surface area (Å²) in [6.45, 7) is 7.52. The van der Waals surface area contributed by atoms with Gasteiger partial charge in [-0.25, -0.2) is 4.98 Å². The van der Waals surface area contributed by atoms with Crippen molar-refractivity contribution in [3.8, 4) is 5.75 Å². The van der Waals surface area contributed by atoms with Gasteiger partial charge in [0.1, 0.15) is 18.1 Å². The van der Waals surface area contributed by atoms with Gasteiger partial charge in [-0.15, -0.1) is 0 Å². The second-order valence-electron chi connectivity index (χ2n) is 7.98. The minimum absolute atomic E-state index is 0.0590. The Morgan fingerprint density at radius 3 is 2.72 bits per heavy atom. The largest absolute Gasteiger partial charge is 0.484 e. The summed E-state index contributed by atoms with van der Waals surface area (Å²) in [5, 5.41) is 14.1. The number of nitro benzene ring substituents is 1. The molecule has 2 aromatic heterocycles. The number of rotatable bonds is 11. The highest BCUT2D eigenvalue weighted by Crippen LogP contribution is 2.29. The lowest BCUT2D eigenvalue weighted by molar-refractivity contribution is -0.384.